The number of benzene rings is 1. The molecule has 1 saturated heterocycles. The fraction of sp³-hybridized carbons (Fsp3) is 0.294. The van der Waals surface area contributed by atoms with E-state index in [1.807, 2.05) is 6.07 Å². The van der Waals surface area contributed by atoms with Gasteiger partial charge >= 0.3 is 0 Å². The van der Waals surface area contributed by atoms with Gasteiger partial charge in [0.05, 0.1) is 25.0 Å². The van der Waals surface area contributed by atoms with Gasteiger partial charge in [-0.1, -0.05) is 28.4 Å². The molecule has 1 aliphatic rings. The van der Waals surface area contributed by atoms with Gasteiger partial charge in [-0.3, -0.25) is 9.36 Å². The van der Waals surface area contributed by atoms with Crippen LogP contribution in [-0.4, -0.2) is 44.1 Å². The standard InChI is InChI=1S/C17H15N11O2/c18-26-23-7-12-11(25-27-19)6-13(30-12)28-9-22-14-15(20-8-21-16(14)28)24-17(29)10-4-2-1-3-5-10/h1-5,8-9,11-13H,6-7H2,(H,20,21,24,29)/t11-,12+,13+/m0/s1. The molecule has 1 N–H and O–H groups in total. The quantitative estimate of drug-likeness (QED) is 0.374. The van der Waals surface area contributed by atoms with Crippen LogP contribution in [0.3, 0.4) is 0 Å². The van der Waals surface area contributed by atoms with E-state index in [0.717, 1.165) is 0 Å². The lowest BCUT2D eigenvalue weighted by Gasteiger charge is -2.14. The van der Waals surface area contributed by atoms with E-state index in [2.05, 4.69) is 40.3 Å². The minimum atomic E-state index is -0.557. The zero-order chi connectivity index (χ0) is 20.9. The lowest BCUT2D eigenvalue weighted by Crippen LogP contribution is -2.22. The van der Waals surface area contributed by atoms with E-state index in [4.69, 9.17) is 15.8 Å². The van der Waals surface area contributed by atoms with E-state index in [0.29, 0.717) is 23.1 Å². The number of ether oxygens (including phenoxy) is 1. The predicted octanol–water partition coefficient (Wildman–Crippen LogP) is 3.36. The summed E-state index contributed by atoms with van der Waals surface area (Å²) < 4.78 is 7.59. The molecule has 1 aromatic carbocycles. The lowest BCUT2D eigenvalue weighted by atomic mass is 10.1. The van der Waals surface area contributed by atoms with Crippen molar-refractivity contribution in [1.82, 2.24) is 19.5 Å². The Bertz CT molecular complexity index is 1160. The number of hydrogen-bond donors (Lipinski definition) is 1. The molecule has 30 heavy (non-hydrogen) atoms. The van der Waals surface area contributed by atoms with Crippen molar-refractivity contribution in [2.24, 2.45) is 10.2 Å². The maximum absolute atomic E-state index is 12.5. The molecule has 4 rings (SSSR count). The van der Waals surface area contributed by atoms with Gasteiger partial charge < -0.3 is 10.1 Å². The van der Waals surface area contributed by atoms with Crippen molar-refractivity contribution in [1.29, 1.82) is 0 Å². The molecule has 1 amide bonds. The molecular weight excluding hydrogens is 390 g/mol. The Labute approximate surface area is 169 Å². The first-order chi connectivity index (χ1) is 14.7. The minimum Gasteiger partial charge on any atom is -0.354 e. The number of anilines is 1. The average molecular weight is 405 g/mol. The van der Waals surface area contributed by atoms with E-state index in [1.54, 1.807) is 28.8 Å². The van der Waals surface area contributed by atoms with Crippen LogP contribution < -0.4 is 5.32 Å². The van der Waals surface area contributed by atoms with Crippen molar-refractivity contribution in [3.8, 4) is 0 Å². The Kier molecular flexibility index (Phi) is 5.39. The second-order valence-electron chi connectivity index (χ2n) is 6.42. The molecule has 1 aliphatic heterocycles. The number of rotatable bonds is 6. The van der Waals surface area contributed by atoms with E-state index >= 15 is 0 Å². The molecule has 0 bridgehead atoms. The van der Waals surface area contributed by atoms with E-state index in [1.165, 1.54) is 12.7 Å². The fourth-order valence-corrected chi connectivity index (χ4v) is 3.28. The summed E-state index contributed by atoms with van der Waals surface area (Å²) >= 11 is 0. The molecule has 1 fully saturated rings. The number of carbonyl (C=O) groups is 1. The number of nitrogens with one attached hydrogen (secondary N) is 1. The average Bonchev–Trinajstić information content (AvgIpc) is 3.38. The van der Waals surface area contributed by atoms with Crippen LogP contribution in [0.4, 0.5) is 5.82 Å². The highest BCUT2D eigenvalue weighted by Crippen LogP contribution is 2.33. The molecular formula is C17H15N11O2. The zero-order valence-corrected chi connectivity index (χ0v) is 15.5. The first-order valence-corrected chi connectivity index (χ1v) is 8.95. The second kappa shape index (κ2) is 8.45. The number of amides is 1. The van der Waals surface area contributed by atoms with Gasteiger partial charge in [0.2, 0.25) is 0 Å². The van der Waals surface area contributed by atoms with Crippen LogP contribution in [0.25, 0.3) is 32.0 Å². The van der Waals surface area contributed by atoms with Crippen molar-refractivity contribution in [3.05, 3.63) is 69.4 Å². The molecule has 3 aromatic rings. The maximum atomic E-state index is 12.5. The lowest BCUT2D eigenvalue weighted by molar-refractivity contribution is 0.00669. The van der Waals surface area contributed by atoms with E-state index < -0.39 is 18.4 Å². The summed E-state index contributed by atoms with van der Waals surface area (Å²) in [6, 6.07) is 8.24. The van der Waals surface area contributed by atoms with Crippen molar-refractivity contribution < 1.29 is 9.53 Å². The smallest absolute Gasteiger partial charge is 0.256 e. The number of fused-ring (bicyclic) bond motifs is 1. The Balaban J connectivity index is 1.61. The molecule has 0 unspecified atom stereocenters. The summed E-state index contributed by atoms with van der Waals surface area (Å²) in [5, 5.41) is 9.99. The van der Waals surface area contributed by atoms with Crippen LogP contribution in [0.1, 0.15) is 23.0 Å². The third kappa shape index (κ3) is 3.71. The summed E-state index contributed by atoms with van der Waals surface area (Å²) in [6.45, 7) is 0.0384. The Morgan fingerprint density at radius 3 is 2.83 bits per heavy atom. The molecule has 2 aromatic heterocycles. The molecule has 13 nitrogen and oxygen atoms in total. The molecule has 0 aliphatic carbocycles. The first-order valence-electron chi connectivity index (χ1n) is 8.95. The number of imidazole rings is 1. The molecule has 3 atom stereocenters. The van der Waals surface area contributed by atoms with Gasteiger partial charge in [-0.05, 0) is 23.2 Å². The van der Waals surface area contributed by atoms with E-state index in [9.17, 15) is 4.79 Å². The minimum absolute atomic E-state index is 0.0384. The van der Waals surface area contributed by atoms with Gasteiger partial charge in [0.1, 0.15) is 12.6 Å². The predicted molar refractivity (Wildman–Crippen MR) is 105 cm³/mol. The van der Waals surface area contributed by atoms with Crippen molar-refractivity contribution in [2.75, 3.05) is 11.9 Å². The first kappa shape index (κ1) is 19.2. The Morgan fingerprint density at radius 1 is 1.23 bits per heavy atom. The van der Waals surface area contributed by atoms with Crippen LogP contribution in [0, 0.1) is 0 Å². The van der Waals surface area contributed by atoms with Crippen molar-refractivity contribution >= 4 is 22.9 Å². The SMILES string of the molecule is [N-]=[N+]=NC[C@H]1O[C@@H](n2cnc3c(NC(=O)c4ccccc4)ncnc32)C[C@@H]1N=[N+]=[N-]. The summed E-state index contributed by atoms with van der Waals surface area (Å²) in [6.07, 6.45) is 2.11. The Morgan fingerprint density at radius 2 is 2.07 bits per heavy atom. The van der Waals surface area contributed by atoms with Gasteiger partial charge in [-0.25, -0.2) is 15.0 Å². The van der Waals surface area contributed by atoms with Crippen LogP contribution >= 0.6 is 0 Å². The summed E-state index contributed by atoms with van der Waals surface area (Å²) in [7, 11) is 0. The highest BCUT2D eigenvalue weighted by Gasteiger charge is 2.36. The molecule has 0 saturated carbocycles. The fourth-order valence-electron chi connectivity index (χ4n) is 3.28. The van der Waals surface area contributed by atoms with Crippen LogP contribution in [0.5, 0.6) is 0 Å². The second-order valence-corrected chi connectivity index (χ2v) is 6.42. The van der Waals surface area contributed by atoms with Gasteiger partial charge in [-0.15, -0.1) is 0 Å². The number of carbonyl (C=O) groups excluding carboxylic acids is 1. The third-order valence-electron chi connectivity index (χ3n) is 4.67. The monoisotopic (exact) mass is 405 g/mol. The topological polar surface area (TPSA) is 179 Å². The number of azide groups is 2. The maximum Gasteiger partial charge on any atom is 0.256 e. The molecule has 3 heterocycles. The highest BCUT2D eigenvalue weighted by molar-refractivity contribution is 6.06. The molecule has 0 radical (unpaired) electrons. The normalized spacial score (nSPS) is 20.3. The van der Waals surface area contributed by atoms with Gasteiger partial charge in [0.25, 0.3) is 5.91 Å². The summed E-state index contributed by atoms with van der Waals surface area (Å²) in [4.78, 5) is 30.7. The zero-order valence-electron chi connectivity index (χ0n) is 15.5. The van der Waals surface area contributed by atoms with Gasteiger partial charge in [0, 0.05) is 21.8 Å². The van der Waals surface area contributed by atoms with E-state index in [-0.39, 0.29) is 18.3 Å². The number of hydrogen-bond acceptors (Lipinski definition) is 7. The van der Waals surface area contributed by atoms with Crippen molar-refractivity contribution in [3.63, 3.8) is 0 Å². The summed E-state index contributed by atoms with van der Waals surface area (Å²) in [5.41, 5.74) is 18.7. The molecule has 150 valence electrons. The van der Waals surface area contributed by atoms with Gasteiger partial charge in [-0.2, -0.15) is 0 Å². The van der Waals surface area contributed by atoms with Gasteiger partial charge in [0.15, 0.2) is 17.0 Å². The Hall–Kier alpha value is -4.18. The third-order valence-corrected chi connectivity index (χ3v) is 4.67. The van der Waals surface area contributed by atoms with Crippen LogP contribution in [0.15, 0.2) is 53.2 Å². The number of aromatic nitrogens is 4. The summed E-state index contributed by atoms with van der Waals surface area (Å²) in [5.74, 6) is -0.0528. The number of nitrogens with zero attached hydrogens (tertiary/aromatic N) is 10. The molecule has 0 spiro atoms. The molecule has 13 heteroatoms. The van der Waals surface area contributed by atoms with Crippen LogP contribution in [0.2, 0.25) is 0 Å². The van der Waals surface area contributed by atoms with Crippen molar-refractivity contribution in [2.45, 2.75) is 24.8 Å². The highest BCUT2D eigenvalue weighted by atomic mass is 16.5. The van der Waals surface area contributed by atoms with Crippen LogP contribution in [-0.2, 0) is 4.74 Å². The largest absolute Gasteiger partial charge is 0.354 e.